The van der Waals surface area contributed by atoms with E-state index in [2.05, 4.69) is 4.98 Å². The monoisotopic (exact) mass is 276 g/mol. The summed E-state index contributed by atoms with van der Waals surface area (Å²) < 4.78 is 0. The number of carboxylic acid groups (broad SMARTS) is 1. The number of aromatic nitrogens is 1. The van der Waals surface area contributed by atoms with Crippen LogP contribution in [0.25, 0.3) is 0 Å². The molecule has 2 rings (SSSR count). The molecule has 1 saturated carbocycles. The number of pyridine rings is 1. The summed E-state index contributed by atoms with van der Waals surface area (Å²) in [6.07, 6.45) is 5.44. The van der Waals surface area contributed by atoms with Gasteiger partial charge in [-0.25, -0.2) is 0 Å². The van der Waals surface area contributed by atoms with Crippen molar-refractivity contribution < 1.29 is 14.7 Å². The molecular weight excluding hydrogens is 256 g/mol. The number of carbonyl (C=O) groups excluding carboxylic acids is 1. The minimum absolute atomic E-state index is 0.112. The fourth-order valence-corrected chi connectivity index (χ4v) is 2.97. The standard InChI is InChI=1S/C15H20N2O3/c1-3-10-8-12(13(9-10)15(19)20)14(18)17(2)11-4-6-16-7-5-11/h4-7,10,12-13H,3,8-9H2,1-2H3,(H,19,20)/t10?,12-,13+/m0/s1. The van der Waals surface area contributed by atoms with E-state index in [0.717, 1.165) is 12.1 Å². The predicted octanol–water partition coefficient (Wildman–Crippen LogP) is 2.18. The summed E-state index contributed by atoms with van der Waals surface area (Å²) in [5, 5.41) is 9.32. The second-order valence-electron chi connectivity index (χ2n) is 5.40. The minimum Gasteiger partial charge on any atom is -0.481 e. The van der Waals surface area contributed by atoms with Crippen molar-refractivity contribution in [2.75, 3.05) is 11.9 Å². The second-order valence-corrected chi connectivity index (χ2v) is 5.40. The van der Waals surface area contributed by atoms with Crippen LogP contribution in [0, 0.1) is 17.8 Å². The first-order valence-corrected chi connectivity index (χ1v) is 6.95. The Bertz CT molecular complexity index is 489. The van der Waals surface area contributed by atoms with Gasteiger partial charge in [0.1, 0.15) is 0 Å². The molecule has 108 valence electrons. The van der Waals surface area contributed by atoms with E-state index in [4.69, 9.17) is 0 Å². The molecule has 0 spiro atoms. The molecule has 0 aromatic carbocycles. The molecule has 1 heterocycles. The summed E-state index contributed by atoms with van der Waals surface area (Å²) in [5.41, 5.74) is 0.745. The summed E-state index contributed by atoms with van der Waals surface area (Å²) in [6.45, 7) is 2.04. The van der Waals surface area contributed by atoms with Crippen LogP contribution in [-0.2, 0) is 9.59 Å². The van der Waals surface area contributed by atoms with E-state index in [9.17, 15) is 14.7 Å². The van der Waals surface area contributed by atoms with E-state index in [1.807, 2.05) is 6.92 Å². The van der Waals surface area contributed by atoms with Gasteiger partial charge in [0.05, 0.1) is 11.8 Å². The number of carboxylic acids is 1. The molecule has 1 N–H and O–H groups in total. The van der Waals surface area contributed by atoms with Gasteiger partial charge in [0.25, 0.3) is 0 Å². The topological polar surface area (TPSA) is 70.5 Å². The van der Waals surface area contributed by atoms with E-state index in [-0.39, 0.29) is 5.91 Å². The number of aliphatic carboxylic acids is 1. The maximum atomic E-state index is 12.6. The third kappa shape index (κ3) is 2.81. The number of hydrogen-bond acceptors (Lipinski definition) is 3. The Hall–Kier alpha value is -1.91. The number of carbonyl (C=O) groups is 2. The summed E-state index contributed by atoms with van der Waals surface area (Å²) in [4.78, 5) is 29.4. The van der Waals surface area contributed by atoms with Gasteiger partial charge in [0.15, 0.2) is 0 Å². The van der Waals surface area contributed by atoms with Crippen molar-refractivity contribution in [2.24, 2.45) is 17.8 Å². The van der Waals surface area contributed by atoms with Crippen LogP contribution in [0.2, 0.25) is 0 Å². The summed E-state index contributed by atoms with van der Waals surface area (Å²) in [6, 6.07) is 3.50. The maximum Gasteiger partial charge on any atom is 0.307 e. The molecule has 1 amide bonds. The van der Waals surface area contributed by atoms with Crippen LogP contribution in [0.15, 0.2) is 24.5 Å². The lowest BCUT2D eigenvalue weighted by Gasteiger charge is -2.23. The number of amides is 1. The summed E-state index contributed by atoms with van der Waals surface area (Å²) in [5.74, 6) is -1.62. The lowest BCUT2D eigenvalue weighted by Crippen LogP contribution is -2.36. The third-order valence-corrected chi connectivity index (χ3v) is 4.25. The third-order valence-electron chi connectivity index (χ3n) is 4.25. The number of anilines is 1. The highest BCUT2D eigenvalue weighted by atomic mass is 16.4. The molecule has 5 nitrogen and oxygen atoms in total. The normalized spacial score (nSPS) is 25.4. The molecule has 5 heteroatoms. The average molecular weight is 276 g/mol. The fraction of sp³-hybridized carbons (Fsp3) is 0.533. The summed E-state index contributed by atoms with van der Waals surface area (Å²) >= 11 is 0. The first-order chi connectivity index (χ1) is 9.54. The van der Waals surface area contributed by atoms with E-state index in [0.29, 0.717) is 18.8 Å². The fourth-order valence-electron chi connectivity index (χ4n) is 2.97. The first kappa shape index (κ1) is 14.5. The van der Waals surface area contributed by atoms with Crippen molar-refractivity contribution in [1.82, 2.24) is 4.98 Å². The molecule has 20 heavy (non-hydrogen) atoms. The molecule has 1 aliphatic carbocycles. The highest BCUT2D eigenvalue weighted by Gasteiger charge is 2.43. The van der Waals surface area contributed by atoms with Gasteiger partial charge in [-0.2, -0.15) is 0 Å². The van der Waals surface area contributed by atoms with Gasteiger partial charge in [0, 0.05) is 25.1 Å². The molecule has 0 radical (unpaired) electrons. The maximum absolute atomic E-state index is 12.6. The van der Waals surface area contributed by atoms with Crippen molar-refractivity contribution in [1.29, 1.82) is 0 Å². The van der Waals surface area contributed by atoms with Crippen LogP contribution in [0.1, 0.15) is 26.2 Å². The van der Waals surface area contributed by atoms with Gasteiger partial charge in [0.2, 0.25) is 5.91 Å². The highest BCUT2D eigenvalue weighted by Crippen LogP contribution is 2.39. The molecule has 1 aliphatic rings. The van der Waals surface area contributed by atoms with Gasteiger partial charge in [-0.05, 0) is 30.9 Å². The first-order valence-electron chi connectivity index (χ1n) is 6.95. The van der Waals surface area contributed by atoms with E-state index < -0.39 is 17.8 Å². The number of nitrogens with zero attached hydrogens (tertiary/aromatic N) is 2. The van der Waals surface area contributed by atoms with Crippen molar-refractivity contribution in [3.05, 3.63) is 24.5 Å². The molecule has 1 unspecified atom stereocenters. The SMILES string of the molecule is CCC1C[C@H](C(=O)N(C)c2ccncc2)[C@H](C(=O)O)C1. The van der Waals surface area contributed by atoms with Crippen LogP contribution in [0.5, 0.6) is 0 Å². The molecule has 3 atom stereocenters. The molecule has 1 aromatic heterocycles. The molecule has 0 bridgehead atoms. The second kappa shape index (κ2) is 6.03. The molecule has 1 fully saturated rings. The van der Waals surface area contributed by atoms with Crippen molar-refractivity contribution >= 4 is 17.6 Å². The Labute approximate surface area is 118 Å². The van der Waals surface area contributed by atoms with Gasteiger partial charge in [-0.15, -0.1) is 0 Å². The number of hydrogen-bond donors (Lipinski definition) is 1. The molecule has 1 aromatic rings. The van der Waals surface area contributed by atoms with Gasteiger partial charge >= 0.3 is 5.97 Å². The molecular formula is C15H20N2O3. The van der Waals surface area contributed by atoms with Crippen LogP contribution >= 0.6 is 0 Å². The zero-order chi connectivity index (χ0) is 14.7. The van der Waals surface area contributed by atoms with E-state index >= 15 is 0 Å². The predicted molar refractivity (Wildman–Crippen MR) is 75.3 cm³/mol. The molecule has 0 saturated heterocycles. The molecule has 0 aliphatic heterocycles. The quantitative estimate of drug-likeness (QED) is 0.915. The van der Waals surface area contributed by atoms with Gasteiger partial charge in [-0.3, -0.25) is 14.6 Å². The number of rotatable bonds is 4. The average Bonchev–Trinajstić information content (AvgIpc) is 2.91. The van der Waals surface area contributed by atoms with Crippen LogP contribution in [0.4, 0.5) is 5.69 Å². The largest absolute Gasteiger partial charge is 0.481 e. The zero-order valence-corrected chi connectivity index (χ0v) is 11.8. The lowest BCUT2D eigenvalue weighted by atomic mass is 9.95. The Morgan fingerprint density at radius 1 is 1.30 bits per heavy atom. The Kier molecular flexibility index (Phi) is 4.37. The highest BCUT2D eigenvalue weighted by molar-refractivity contribution is 5.97. The van der Waals surface area contributed by atoms with E-state index in [1.54, 1.807) is 36.5 Å². The Morgan fingerprint density at radius 2 is 1.90 bits per heavy atom. The lowest BCUT2D eigenvalue weighted by molar-refractivity contribution is -0.145. The summed E-state index contributed by atoms with van der Waals surface area (Å²) in [7, 11) is 1.69. The smallest absolute Gasteiger partial charge is 0.307 e. The zero-order valence-electron chi connectivity index (χ0n) is 11.8. The Balaban J connectivity index is 2.17. The van der Waals surface area contributed by atoms with Crippen molar-refractivity contribution in [3.8, 4) is 0 Å². The van der Waals surface area contributed by atoms with Crippen LogP contribution in [0.3, 0.4) is 0 Å². The van der Waals surface area contributed by atoms with Gasteiger partial charge in [-0.1, -0.05) is 13.3 Å². The van der Waals surface area contributed by atoms with Crippen molar-refractivity contribution in [3.63, 3.8) is 0 Å². The van der Waals surface area contributed by atoms with Gasteiger partial charge < -0.3 is 10.0 Å². The van der Waals surface area contributed by atoms with Crippen LogP contribution in [-0.4, -0.2) is 29.0 Å². The Morgan fingerprint density at radius 3 is 2.45 bits per heavy atom. The van der Waals surface area contributed by atoms with Crippen LogP contribution < -0.4 is 4.90 Å². The van der Waals surface area contributed by atoms with Crippen molar-refractivity contribution in [2.45, 2.75) is 26.2 Å². The van der Waals surface area contributed by atoms with E-state index in [1.165, 1.54) is 0 Å². The minimum atomic E-state index is -0.859.